The van der Waals surface area contributed by atoms with Crippen molar-refractivity contribution in [1.82, 2.24) is 9.80 Å². The molecule has 1 heterocycles. The number of rotatable bonds is 3. The van der Waals surface area contributed by atoms with E-state index in [9.17, 15) is 9.90 Å². The van der Waals surface area contributed by atoms with Crippen molar-refractivity contribution in [1.29, 1.82) is 0 Å². The fraction of sp³-hybridized carbons (Fsp3) is 0.588. The molecule has 1 aliphatic rings. The Kier molecular flexibility index (Phi) is 4.69. The normalized spacial score (nSPS) is 17.1. The Morgan fingerprint density at radius 1 is 1.14 bits per heavy atom. The second-order valence-electron chi connectivity index (χ2n) is 6.68. The maximum absolute atomic E-state index is 12.5. The second-order valence-corrected chi connectivity index (χ2v) is 6.68. The minimum Gasteiger partial charge on any atom is -0.389 e. The molecule has 0 atom stereocenters. The highest BCUT2D eigenvalue weighted by atomic mass is 16.3. The van der Waals surface area contributed by atoms with Crippen molar-refractivity contribution < 1.29 is 9.90 Å². The van der Waals surface area contributed by atoms with Crippen LogP contribution in [-0.2, 0) is 0 Å². The van der Waals surface area contributed by atoms with Gasteiger partial charge in [-0.25, -0.2) is 0 Å². The highest BCUT2D eigenvalue weighted by Crippen LogP contribution is 2.14. The summed E-state index contributed by atoms with van der Waals surface area (Å²) in [6.45, 7) is 11.5. The van der Waals surface area contributed by atoms with E-state index in [0.29, 0.717) is 6.54 Å². The Balaban J connectivity index is 1.95. The molecule has 1 saturated heterocycles. The lowest BCUT2D eigenvalue weighted by atomic mass is 10.0. The van der Waals surface area contributed by atoms with Gasteiger partial charge in [-0.3, -0.25) is 9.69 Å². The van der Waals surface area contributed by atoms with Crippen molar-refractivity contribution in [2.45, 2.75) is 33.3 Å². The number of carbonyl (C=O) groups excluding carboxylic acids is 1. The average Bonchev–Trinajstić information content (AvgIpc) is 2.40. The van der Waals surface area contributed by atoms with Crippen LogP contribution in [0, 0.1) is 13.8 Å². The molecule has 0 unspecified atom stereocenters. The molecule has 1 N–H and O–H groups in total. The van der Waals surface area contributed by atoms with Gasteiger partial charge in [-0.2, -0.15) is 0 Å². The summed E-state index contributed by atoms with van der Waals surface area (Å²) in [5.74, 6) is 0.112. The molecular formula is C17H26N2O2. The van der Waals surface area contributed by atoms with E-state index in [1.165, 1.54) is 5.56 Å². The molecule has 4 heteroatoms. The van der Waals surface area contributed by atoms with Crippen LogP contribution >= 0.6 is 0 Å². The van der Waals surface area contributed by atoms with Crippen LogP contribution < -0.4 is 0 Å². The molecule has 2 rings (SSSR count). The summed E-state index contributed by atoms with van der Waals surface area (Å²) in [5.41, 5.74) is 2.46. The number of benzene rings is 1. The summed E-state index contributed by atoms with van der Waals surface area (Å²) in [6.07, 6.45) is 0. The number of β-amino-alcohol motifs (C(OH)–C–C–N with tert-alkyl or cyclic N) is 1. The zero-order chi connectivity index (χ0) is 15.6. The minimum atomic E-state index is -0.680. The van der Waals surface area contributed by atoms with E-state index < -0.39 is 5.60 Å². The predicted molar refractivity (Wildman–Crippen MR) is 84.6 cm³/mol. The van der Waals surface area contributed by atoms with Crippen molar-refractivity contribution in [3.8, 4) is 0 Å². The van der Waals surface area contributed by atoms with Gasteiger partial charge < -0.3 is 10.0 Å². The van der Waals surface area contributed by atoms with Crippen molar-refractivity contribution in [3.05, 3.63) is 34.9 Å². The molecule has 0 aliphatic carbocycles. The molecule has 0 aromatic heterocycles. The molecule has 116 valence electrons. The zero-order valence-electron chi connectivity index (χ0n) is 13.5. The number of piperazine rings is 1. The van der Waals surface area contributed by atoms with Gasteiger partial charge >= 0.3 is 0 Å². The van der Waals surface area contributed by atoms with Gasteiger partial charge in [0.1, 0.15) is 0 Å². The largest absolute Gasteiger partial charge is 0.389 e. The van der Waals surface area contributed by atoms with Crippen molar-refractivity contribution >= 4 is 5.91 Å². The SMILES string of the molecule is Cc1ccc(C(=O)N2CCN(CC(C)(C)O)CC2)cc1C. The lowest BCUT2D eigenvalue weighted by Crippen LogP contribution is -2.52. The average molecular weight is 290 g/mol. The molecule has 21 heavy (non-hydrogen) atoms. The third-order valence-corrected chi connectivity index (χ3v) is 4.02. The van der Waals surface area contributed by atoms with E-state index >= 15 is 0 Å². The molecule has 1 aromatic rings. The van der Waals surface area contributed by atoms with Crippen molar-refractivity contribution in [2.24, 2.45) is 0 Å². The third kappa shape index (κ3) is 4.29. The number of carbonyl (C=O) groups is 1. The smallest absolute Gasteiger partial charge is 0.253 e. The Morgan fingerprint density at radius 2 is 1.76 bits per heavy atom. The van der Waals surface area contributed by atoms with E-state index in [1.807, 2.05) is 43.9 Å². The summed E-state index contributed by atoms with van der Waals surface area (Å²) in [6, 6.07) is 5.89. The maximum atomic E-state index is 12.5. The first-order chi connectivity index (χ1) is 9.76. The van der Waals surface area contributed by atoms with Crippen LogP contribution in [0.5, 0.6) is 0 Å². The maximum Gasteiger partial charge on any atom is 0.253 e. The van der Waals surface area contributed by atoms with Gasteiger partial charge in [-0.15, -0.1) is 0 Å². The fourth-order valence-corrected chi connectivity index (χ4v) is 2.71. The zero-order valence-corrected chi connectivity index (χ0v) is 13.5. The lowest BCUT2D eigenvalue weighted by Gasteiger charge is -2.37. The topological polar surface area (TPSA) is 43.8 Å². The number of aliphatic hydroxyl groups is 1. The van der Waals surface area contributed by atoms with Gasteiger partial charge in [0.05, 0.1) is 5.60 Å². The van der Waals surface area contributed by atoms with Gasteiger partial charge in [0, 0.05) is 38.3 Å². The third-order valence-electron chi connectivity index (χ3n) is 4.02. The summed E-state index contributed by atoms with van der Waals surface area (Å²) >= 11 is 0. The van der Waals surface area contributed by atoms with E-state index in [0.717, 1.165) is 37.3 Å². The van der Waals surface area contributed by atoms with Crippen molar-refractivity contribution in [3.63, 3.8) is 0 Å². The molecule has 1 fully saturated rings. The first-order valence-electron chi connectivity index (χ1n) is 7.57. The predicted octanol–water partition coefficient (Wildman–Crippen LogP) is 1.83. The molecular weight excluding hydrogens is 264 g/mol. The highest BCUT2D eigenvalue weighted by Gasteiger charge is 2.25. The number of amides is 1. The van der Waals surface area contributed by atoms with Crippen LogP contribution in [0.4, 0.5) is 0 Å². The molecule has 0 saturated carbocycles. The first-order valence-corrected chi connectivity index (χ1v) is 7.57. The van der Waals surface area contributed by atoms with Gasteiger partial charge in [-0.05, 0) is 51.0 Å². The second kappa shape index (κ2) is 6.16. The van der Waals surface area contributed by atoms with E-state index in [4.69, 9.17) is 0 Å². The van der Waals surface area contributed by atoms with Crippen LogP contribution in [-0.4, -0.2) is 59.1 Å². The van der Waals surface area contributed by atoms with Crippen LogP contribution in [0.3, 0.4) is 0 Å². The molecule has 1 aliphatic heterocycles. The number of hydrogen-bond acceptors (Lipinski definition) is 3. The Bertz CT molecular complexity index is 512. The fourth-order valence-electron chi connectivity index (χ4n) is 2.71. The number of nitrogens with zero attached hydrogens (tertiary/aromatic N) is 2. The monoisotopic (exact) mass is 290 g/mol. The van der Waals surface area contributed by atoms with Crippen LogP contribution in [0.2, 0.25) is 0 Å². The molecule has 1 aromatic carbocycles. The lowest BCUT2D eigenvalue weighted by molar-refractivity contribution is 0.0178. The highest BCUT2D eigenvalue weighted by molar-refractivity contribution is 5.94. The minimum absolute atomic E-state index is 0.112. The van der Waals surface area contributed by atoms with Gasteiger partial charge in [0.2, 0.25) is 0 Å². The summed E-state index contributed by atoms with van der Waals surface area (Å²) in [7, 11) is 0. The summed E-state index contributed by atoms with van der Waals surface area (Å²) in [5, 5.41) is 9.86. The Labute approximate surface area is 127 Å². The summed E-state index contributed by atoms with van der Waals surface area (Å²) in [4.78, 5) is 16.6. The Hall–Kier alpha value is -1.39. The van der Waals surface area contributed by atoms with Gasteiger partial charge in [0.25, 0.3) is 5.91 Å². The van der Waals surface area contributed by atoms with Gasteiger partial charge in [-0.1, -0.05) is 6.07 Å². The molecule has 1 amide bonds. The quantitative estimate of drug-likeness (QED) is 0.923. The van der Waals surface area contributed by atoms with E-state index in [1.54, 1.807) is 0 Å². The van der Waals surface area contributed by atoms with Crippen molar-refractivity contribution in [2.75, 3.05) is 32.7 Å². The standard InChI is InChI=1S/C17H26N2O2/c1-13-5-6-15(11-14(13)2)16(20)19-9-7-18(8-10-19)12-17(3,4)21/h5-6,11,21H,7-10,12H2,1-4H3. The first kappa shape index (κ1) is 16.0. The molecule has 0 radical (unpaired) electrons. The van der Waals surface area contributed by atoms with E-state index in [-0.39, 0.29) is 5.91 Å². The molecule has 4 nitrogen and oxygen atoms in total. The Morgan fingerprint density at radius 3 is 2.29 bits per heavy atom. The van der Waals surface area contributed by atoms with E-state index in [2.05, 4.69) is 11.8 Å². The molecule has 0 spiro atoms. The molecule has 0 bridgehead atoms. The van der Waals surface area contributed by atoms with Crippen LogP contribution in [0.15, 0.2) is 18.2 Å². The number of hydrogen-bond donors (Lipinski definition) is 1. The van der Waals surface area contributed by atoms with Crippen LogP contribution in [0.1, 0.15) is 35.3 Å². The number of aryl methyl sites for hydroxylation is 2. The van der Waals surface area contributed by atoms with Crippen LogP contribution in [0.25, 0.3) is 0 Å². The summed E-state index contributed by atoms with van der Waals surface area (Å²) < 4.78 is 0. The van der Waals surface area contributed by atoms with Gasteiger partial charge in [0.15, 0.2) is 0 Å².